The summed E-state index contributed by atoms with van der Waals surface area (Å²) in [6.07, 6.45) is 5.48. The van der Waals surface area contributed by atoms with Crippen LogP contribution in [0, 0.1) is 0 Å². The largest absolute Gasteiger partial charge is 0.349 e. The van der Waals surface area contributed by atoms with Crippen LogP contribution in [0.2, 0.25) is 0 Å². The highest BCUT2D eigenvalue weighted by Crippen LogP contribution is 2.31. The zero-order valence-electron chi connectivity index (χ0n) is 21.0. The molecule has 0 radical (unpaired) electrons. The Morgan fingerprint density at radius 2 is 1.86 bits per heavy atom. The highest BCUT2D eigenvalue weighted by atomic mass is 32.2. The zero-order chi connectivity index (χ0) is 26.2. The molecule has 3 heterocycles. The summed E-state index contributed by atoms with van der Waals surface area (Å²) in [4.78, 5) is 44.4. The molecule has 1 aliphatic heterocycles. The standard InChI is InChI=1S/C24H32N6O5S/c1-16(2)17-15-20-19(14-18(17)21-8-10-25-27(21)3)23(32)29(24(33)26-20)30(36(4,34)35)22(31)9-13-28-11-6-5-7-12-28/h8,10,14-16H,5-7,9,11-13H2,1-4H3,(H,26,33). The van der Waals surface area contributed by atoms with Crippen molar-refractivity contribution in [1.82, 2.24) is 24.3 Å². The molecule has 12 heteroatoms. The van der Waals surface area contributed by atoms with E-state index in [9.17, 15) is 22.8 Å². The van der Waals surface area contributed by atoms with Gasteiger partial charge in [0.15, 0.2) is 0 Å². The average Bonchev–Trinajstić information content (AvgIpc) is 3.25. The van der Waals surface area contributed by atoms with Crippen molar-refractivity contribution in [3.63, 3.8) is 0 Å². The Morgan fingerprint density at radius 1 is 1.17 bits per heavy atom. The van der Waals surface area contributed by atoms with Gasteiger partial charge in [-0.3, -0.25) is 14.3 Å². The van der Waals surface area contributed by atoms with Crippen molar-refractivity contribution in [2.24, 2.45) is 7.05 Å². The topological polar surface area (TPSA) is 130 Å². The third kappa shape index (κ3) is 5.00. The highest BCUT2D eigenvalue weighted by Gasteiger charge is 2.30. The number of sulfonamides is 1. The summed E-state index contributed by atoms with van der Waals surface area (Å²) in [5.74, 6) is -0.769. The van der Waals surface area contributed by atoms with E-state index in [4.69, 9.17) is 0 Å². The molecule has 0 spiro atoms. The Labute approximate surface area is 209 Å². The van der Waals surface area contributed by atoms with Crippen LogP contribution in [0.4, 0.5) is 0 Å². The monoisotopic (exact) mass is 516 g/mol. The predicted octanol–water partition coefficient (Wildman–Crippen LogP) is 1.51. The molecule has 194 valence electrons. The molecule has 0 atom stereocenters. The van der Waals surface area contributed by atoms with E-state index < -0.39 is 27.2 Å². The second kappa shape index (κ2) is 10.0. The van der Waals surface area contributed by atoms with Gasteiger partial charge in [0.05, 0.1) is 22.9 Å². The van der Waals surface area contributed by atoms with E-state index in [-0.39, 0.29) is 23.2 Å². The van der Waals surface area contributed by atoms with Crippen molar-refractivity contribution < 1.29 is 13.2 Å². The molecule has 1 amide bonds. The van der Waals surface area contributed by atoms with Crippen molar-refractivity contribution in [1.29, 1.82) is 0 Å². The van der Waals surface area contributed by atoms with Gasteiger partial charge in [-0.05, 0) is 55.6 Å². The van der Waals surface area contributed by atoms with Crippen LogP contribution in [0.1, 0.15) is 51.0 Å². The highest BCUT2D eigenvalue weighted by molar-refractivity contribution is 7.92. The van der Waals surface area contributed by atoms with Gasteiger partial charge in [0.25, 0.3) is 21.5 Å². The maximum absolute atomic E-state index is 13.6. The SMILES string of the molecule is CC(C)c1cc2[nH]c(=O)n(N(C(=O)CCN3CCCCC3)S(C)(=O)=O)c(=O)c2cc1-c1ccnn1C. The number of benzene rings is 1. The number of amides is 1. The van der Waals surface area contributed by atoms with Crippen molar-refractivity contribution >= 4 is 26.8 Å². The summed E-state index contributed by atoms with van der Waals surface area (Å²) in [6.45, 7) is 6.00. The number of rotatable bonds is 7. The summed E-state index contributed by atoms with van der Waals surface area (Å²) in [7, 11) is -2.49. The second-order valence-corrected chi connectivity index (χ2v) is 11.4. The van der Waals surface area contributed by atoms with Gasteiger partial charge >= 0.3 is 5.69 Å². The van der Waals surface area contributed by atoms with E-state index in [1.165, 1.54) is 0 Å². The third-order valence-corrected chi connectivity index (χ3v) is 7.56. The van der Waals surface area contributed by atoms with Crippen LogP contribution in [-0.4, -0.2) is 64.6 Å². The molecule has 36 heavy (non-hydrogen) atoms. The van der Waals surface area contributed by atoms with Crippen LogP contribution in [0.15, 0.2) is 34.0 Å². The quantitative estimate of drug-likeness (QED) is 0.504. The fraction of sp³-hybridized carbons (Fsp3) is 0.500. The van der Waals surface area contributed by atoms with E-state index >= 15 is 0 Å². The molecule has 1 N–H and O–H groups in total. The normalized spacial score (nSPS) is 15.0. The number of hydrogen-bond acceptors (Lipinski definition) is 7. The van der Waals surface area contributed by atoms with Gasteiger partial charge in [0.2, 0.25) is 0 Å². The first kappa shape index (κ1) is 25.8. The number of aromatic nitrogens is 4. The number of hydrogen-bond donors (Lipinski definition) is 1. The Hall–Kier alpha value is -3.25. The molecule has 0 saturated carbocycles. The molecule has 1 fully saturated rings. The first-order valence-corrected chi connectivity index (χ1v) is 13.9. The van der Waals surface area contributed by atoms with Gasteiger partial charge in [-0.2, -0.15) is 5.10 Å². The minimum absolute atomic E-state index is 0.0640. The lowest BCUT2D eigenvalue weighted by Gasteiger charge is -2.27. The molecule has 0 unspecified atom stereocenters. The molecule has 0 aliphatic carbocycles. The molecule has 1 aromatic carbocycles. The molecule has 11 nitrogen and oxygen atoms in total. The number of carbonyl (C=O) groups excluding carboxylic acids is 1. The minimum Gasteiger partial charge on any atom is -0.305 e. The fourth-order valence-electron chi connectivity index (χ4n) is 4.75. The fourth-order valence-corrected chi connectivity index (χ4v) is 5.66. The number of aromatic amines is 1. The number of fused-ring (bicyclic) bond motifs is 1. The summed E-state index contributed by atoms with van der Waals surface area (Å²) >= 11 is 0. The van der Waals surface area contributed by atoms with Gasteiger partial charge in [-0.25, -0.2) is 13.2 Å². The van der Waals surface area contributed by atoms with E-state index in [1.54, 1.807) is 30.1 Å². The molecule has 1 saturated heterocycles. The van der Waals surface area contributed by atoms with Crippen LogP contribution in [0.5, 0.6) is 0 Å². The third-order valence-electron chi connectivity index (χ3n) is 6.57. The maximum Gasteiger partial charge on any atom is 0.349 e. The average molecular weight is 517 g/mol. The lowest BCUT2D eigenvalue weighted by Crippen LogP contribution is -2.56. The first-order chi connectivity index (χ1) is 17.0. The van der Waals surface area contributed by atoms with Crippen LogP contribution in [0.25, 0.3) is 22.2 Å². The summed E-state index contributed by atoms with van der Waals surface area (Å²) in [5.41, 5.74) is 0.767. The molecule has 0 bridgehead atoms. The molecule has 3 aromatic rings. The Morgan fingerprint density at radius 3 is 2.44 bits per heavy atom. The molecule has 1 aliphatic rings. The van der Waals surface area contributed by atoms with Gasteiger partial charge in [0.1, 0.15) is 0 Å². The van der Waals surface area contributed by atoms with Gasteiger partial charge in [0, 0.05) is 31.8 Å². The molecule has 2 aromatic heterocycles. The minimum atomic E-state index is -4.27. The van der Waals surface area contributed by atoms with Crippen molar-refractivity contribution in [3.05, 3.63) is 50.8 Å². The summed E-state index contributed by atoms with van der Waals surface area (Å²) in [5, 5.41) is 4.30. The van der Waals surface area contributed by atoms with E-state index in [0.717, 1.165) is 55.4 Å². The smallest absolute Gasteiger partial charge is 0.305 e. The summed E-state index contributed by atoms with van der Waals surface area (Å²) < 4.78 is 27.7. The van der Waals surface area contributed by atoms with Crippen molar-refractivity contribution in [2.45, 2.75) is 45.4 Å². The number of aryl methyl sites for hydroxylation is 1. The second-order valence-electron chi connectivity index (χ2n) is 9.58. The number of piperidine rings is 1. The number of nitrogens with zero attached hydrogens (tertiary/aromatic N) is 5. The number of likely N-dealkylation sites (tertiary alicyclic amines) is 1. The lowest BCUT2D eigenvalue weighted by atomic mass is 9.93. The van der Waals surface area contributed by atoms with Crippen molar-refractivity contribution in [3.8, 4) is 11.3 Å². The molecule has 4 rings (SSSR count). The van der Waals surface area contributed by atoms with Crippen LogP contribution < -0.4 is 15.7 Å². The summed E-state index contributed by atoms with van der Waals surface area (Å²) in [6, 6.07) is 5.15. The van der Waals surface area contributed by atoms with Crippen molar-refractivity contribution in [2.75, 3.05) is 30.3 Å². The van der Waals surface area contributed by atoms with Crippen LogP contribution in [-0.2, 0) is 21.9 Å². The number of carbonyl (C=O) groups is 1. The first-order valence-electron chi connectivity index (χ1n) is 12.1. The maximum atomic E-state index is 13.6. The number of nitrogens with one attached hydrogen (secondary N) is 1. The van der Waals surface area contributed by atoms with E-state index in [1.807, 2.05) is 19.9 Å². The molecular formula is C24H32N6O5S. The lowest BCUT2D eigenvalue weighted by molar-refractivity contribution is -0.119. The Bertz CT molecular complexity index is 1510. The Balaban J connectivity index is 1.84. The van der Waals surface area contributed by atoms with Gasteiger partial charge < -0.3 is 9.88 Å². The van der Waals surface area contributed by atoms with E-state index in [0.29, 0.717) is 15.6 Å². The van der Waals surface area contributed by atoms with Crippen LogP contribution >= 0.6 is 0 Å². The number of H-pyrrole nitrogens is 1. The Kier molecular flexibility index (Phi) is 7.19. The van der Waals surface area contributed by atoms with Gasteiger partial charge in [-0.1, -0.05) is 20.3 Å². The predicted molar refractivity (Wildman–Crippen MR) is 138 cm³/mol. The molecular weight excluding hydrogens is 484 g/mol. The zero-order valence-corrected chi connectivity index (χ0v) is 21.8. The van der Waals surface area contributed by atoms with Crippen LogP contribution in [0.3, 0.4) is 0 Å². The van der Waals surface area contributed by atoms with Gasteiger partial charge in [-0.15, -0.1) is 9.09 Å². The van der Waals surface area contributed by atoms with E-state index in [2.05, 4.69) is 15.0 Å².